The van der Waals surface area contributed by atoms with Crippen LogP contribution in [0.1, 0.15) is 29.8 Å². The zero-order valence-corrected chi connectivity index (χ0v) is 12.2. The minimum absolute atomic E-state index is 0.581. The molecule has 5 heteroatoms. The van der Waals surface area contributed by atoms with E-state index in [-0.39, 0.29) is 0 Å². The molecule has 0 atom stereocenters. The number of rotatable bonds is 3. The number of carboxylic acids is 1. The smallest absolute Gasteiger partial charge is 0.328 e. The Bertz CT molecular complexity index is 719. The Kier molecular flexibility index (Phi) is 3.80. The molecule has 0 saturated heterocycles. The van der Waals surface area contributed by atoms with E-state index < -0.39 is 5.97 Å². The Morgan fingerprint density at radius 3 is 2.95 bits per heavy atom. The maximum atomic E-state index is 10.7. The minimum atomic E-state index is -0.978. The molecular formula is C16H15ClN2O2. The molecule has 1 N–H and O–H groups in total. The fourth-order valence-electron chi connectivity index (χ4n) is 2.72. The van der Waals surface area contributed by atoms with Crippen LogP contribution in [0.25, 0.3) is 11.8 Å². The highest BCUT2D eigenvalue weighted by molar-refractivity contribution is 6.30. The molecule has 1 aliphatic carbocycles. The Balaban J connectivity index is 2.09. The van der Waals surface area contributed by atoms with E-state index in [2.05, 4.69) is 4.98 Å². The Morgan fingerprint density at radius 2 is 2.14 bits per heavy atom. The predicted molar refractivity (Wildman–Crippen MR) is 81.9 cm³/mol. The number of aryl methyl sites for hydroxylation is 1. The van der Waals surface area contributed by atoms with Crippen molar-refractivity contribution in [1.82, 2.24) is 9.55 Å². The molecule has 0 aliphatic heterocycles. The van der Waals surface area contributed by atoms with Crippen LogP contribution in [0.4, 0.5) is 0 Å². The summed E-state index contributed by atoms with van der Waals surface area (Å²) < 4.78 is 2.05. The molecule has 1 aromatic carbocycles. The molecule has 21 heavy (non-hydrogen) atoms. The number of imidazole rings is 1. The first-order chi connectivity index (χ1) is 10.1. The second-order valence-corrected chi connectivity index (χ2v) is 5.53. The van der Waals surface area contributed by atoms with E-state index in [4.69, 9.17) is 16.7 Å². The van der Waals surface area contributed by atoms with Gasteiger partial charge in [-0.15, -0.1) is 0 Å². The molecule has 108 valence electrons. The van der Waals surface area contributed by atoms with E-state index in [0.29, 0.717) is 5.02 Å². The monoisotopic (exact) mass is 302 g/mol. The van der Waals surface area contributed by atoms with Gasteiger partial charge >= 0.3 is 5.97 Å². The average molecular weight is 303 g/mol. The van der Waals surface area contributed by atoms with Crippen LogP contribution in [0.5, 0.6) is 0 Å². The number of benzene rings is 1. The number of halogens is 1. The summed E-state index contributed by atoms with van der Waals surface area (Å²) in [6.07, 6.45) is 8.86. The molecule has 2 aromatic rings. The topological polar surface area (TPSA) is 55.1 Å². The first-order valence-electron chi connectivity index (χ1n) is 6.91. The lowest BCUT2D eigenvalue weighted by atomic mass is 10.0. The zero-order valence-electron chi connectivity index (χ0n) is 11.4. The first kappa shape index (κ1) is 13.9. The summed E-state index contributed by atoms with van der Waals surface area (Å²) in [5.41, 5.74) is 4.04. The van der Waals surface area contributed by atoms with Gasteiger partial charge < -0.3 is 9.67 Å². The van der Waals surface area contributed by atoms with Crippen molar-refractivity contribution < 1.29 is 9.90 Å². The molecule has 0 fully saturated rings. The third-order valence-electron chi connectivity index (χ3n) is 3.68. The molecule has 1 aromatic heterocycles. The minimum Gasteiger partial charge on any atom is -0.478 e. The van der Waals surface area contributed by atoms with Gasteiger partial charge in [-0.05, 0) is 50.0 Å². The van der Waals surface area contributed by atoms with Crippen molar-refractivity contribution in [3.63, 3.8) is 0 Å². The second-order valence-electron chi connectivity index (χ2n) is 5.09. The van der Waals surface area contributed by atoms with Crippen LogP contribution in [-0.4, -0.2) is 20.6 Å². The van der Waals surface area contributed by atoms with Crippen LogP contribution in [-0.2, 0) is 17.6 Å². The van der Waals surface area contributed by atoms with Gasteiger partial charge in [0.15, 0.2) is 0 Å². The van der Waals surface area contributed by atoms with Crippen LogP contribution in [0.2, 0.25) is 5.02 Å². The van der Waals surface area contributed by atoms with Crippen molar-refractivity contribution in [2.24, 2.45) is 0 Å². The number of carbonyl (C=O) groups is 1. The predicted octanol–water partition coefficient (Wildman–Crippen LogP) is 3.50. The van der Waals surface area contributed by atoms with E-state index >= 15 is 0 Å². The van der Waals surface area contributed by atoms with Crippen LogP contribution < -0.4 is 0 Å². The van der Waals surface area contributed by atoms with E-state index in [1.54, 1.807) is 12.1 Å². The normalized spacial score (nSPS) is 14.3. The molecule has 0 bridgehead atoms. The van der Waals surface area contributed by atoms with Crippen LogP contribution >= 0.6 is 11.6 Å². The van der Waals surface area contributed by atoms with Crippen molar-refractivity contribution in [3.05, 3.63) is 52.6 Å². The number of aliphatic carboxylic acids is 1. The summed E-state index contributed by atoms with van der Waals surface area (Å²) in [4.78, 5) is 15.2. The van der Waals surface area contributed by atoms with Gasteiger partial charge in [0.2, 0.25) is 0 Å². The highest BCUT2D eigenvalue weighted by atomic mass is 35.5. The Morgan fingerprint density at radius 1 is 1.33 bits per heavy atom. The largest absolute Gasteiger partial charge is 0.478 e. The number of hydrogen-bond acceptors (Lipinski definition) is 2. The number of aromatic nitrogens is 2. The molecule has 0 radical (unpaired) electrons. The molecule has 1 heterocycles. The summed E-state index contributed by atoms with van der Waals surface area (Å²) >= 11 is 6.03. The summed E-state index contributed by atoms with van der Waals surface area (Å²) in [6.45, 7) is 0. The summed E-state index contributed by atoms with van der Waals surface area (Å²) in [6, 6.07) is 5.48. The van der Waals surface area contributed by atoms with Gasteiger partial charge in [-0.25, -0.2) is 9.78 Å². The molecular weight excluding hydrogens is 288 g/mol. The van der Waals surface area contributed by atoms with Crippen molar-refractivity contribution in [2.75, 3.05) is 0 Å². The third-order valence-corrected chi connectivity index (χ3v) is 3.92. The average Bonchev–Trinajstić information content (AvgIpc) is 2.89. The summed E-state index contributed by atoms with van der Waals surface area (Å²) in [5.74, 6) is -0.978. The molecule has 0 spiro atoms. The quantitative estimate of drug-likeness (QED) is 0.883. The zero-order chi connectivity index (χ0) is 14.8. The number of hydrogen-bond donors (Lipinski definition) is 1. The van der Waals surface area contributed by atoms with Gasteiger partial charge in [-0.1, -0.05) is 11.6 Å². The van der Waals surface area contributed by atoms with Crippen molar-refractivity contribution in [3.8, 4) is 5.69 Å². The van der Waals surface area contributed by atoms with Crippen molar-refractivity contribution in [2.45, 2.75) is 25.7 Å². The third kappa shape index (κ3) is 2.85. The lowest BCUT2D eigenvalue weighted by Gasteiger charge is -2.15. The number of carboxylic acid groups (broad SMARTS) is 1. The Labute approximate surface area is 127 Å². The molecule has 4 nitrogen and oxygen atoms in total. The molecule has 0 amide bonds. The number of nitrogens with zero attached hydrogens (tertiary/aromatic N) is 2. The van der Waals surface area contributed by atoms with Gasteiger partial charge in [-0.3, -0.25) is 0 Å². The molecule has 0 unspecified atom stereocenters. The number of fused-ring (bicyclic) bond motifs is 1. The van der Waals surface area contributed by atoms with Crippen molar-refractivity contribution >= 4 is 23.6 Å². The van der Waals surface area contributed by atoms with E-state index in [9.17, 15) is 4.79 Å². The first-order valence-corrected chi connectivity index (χ1v) is 7.29. The van der Waals surface area contributed by atoms with E-state index in [1.807, 2.05) is 23.0 Å². The van der Waals surface area contributed by atoms with Gasteiger partial charge in [0.05, 0.1) is 17.7 Å². The van der Waals surface area contributed by atoms with Gasteiger partial charge in [0, 0.05) is 22.4 Å². The Hall–Kier alpha value is -2.07. The van der Waals surface area contributed by atoms with E-state index in [0.717, 1.165) is 42.3 Å². The lowest BCUT2D eigenvalue weighted by molar-refractivity contribution is -0.131. The highest BCUT2D eigenvalue weighted by Gasteiger charge is 2.17. The second kappa shape index (κ2) is 5.74. The van der Waals surface area contributed by atoms with Crippen LogP contribution in [0.15, 0.2) is 30.6 Å². The van der Waals surface area contributed by atoms with Crippen molar-refractivity contribution in [1.29, 1.82) is 0 Å². The lowest BCUT2D eigenvalue weighted by Crippen LogP contribution is -2.07. The molecule has 0 saturated carbocycles. The highest BCUT2D eigenvalue weighted by Crippen LogP contribution is 2.27. The maximum absolute atomic E-state index is 10.7. The van der Waals surface area contributed by atoms with Gasteiger partial charge in [-0.2, -0.15) is 0 Å². The standard InChI is InChI=1S/C16H15ClN2O2/c17-12-6-7-14(11(9-12)5-8-16(20)21)19-10-18-13-3-1-2-4-15(13)19/h5-10H,1-4H2,(H,20,21)/b8-5+. The van der Waals surface area contributed by atoms with Crippen LogP contribution in [0.3, 0.4) is 0 Å². The SMILES string of the molecule is O=C(O)/C=C/c1cc(Cl)ccc1-n1cnc2c1CCCC2. The fraction of sp³-hybridized carbons (Fsp3) is 0.250. The summed E-state index contributed by atoms with van der Waals surface area (Å²) in [5, 5.41) is 9.40. The molecule has 3 rings (SSSR count). The van der Waals surface area contributed by atoms with E-state index in [1.165, 1.54) is 12.1 Å². The van der Waals surface area contributed by atoms with Gasteiger partial charge in [0.1, 0.15) is 0 Å². The maximum Gasteiger partial charge on any atom is 0.328 e. The van der Waals surface area contributed by atoms with Crippen LogP contribution in [0, 0.1) is 0 Å². The molecule has 1 aliphatic rings. The fourth-order valence-corrected chi connectivity index (χ4v) is 2.90. The summed E-state index contributed by atoms with van der Waals surface area (Å²) in [7, 11) is 0. The van der Waals surface area contributed by atoms with Gasteiger partial charge in [0.25, 0.3) is 0 Å².